The van der Waals surface area contributed by atoms with Crippen molar-refractivity contribution in [2.45, 2.75) is 30.8 Å². The second kappa shape index (κ2) is 2.38. The average molecular weight is 171 g/mol. The maximum absolute atomic E-state index is 5.74. The number of rotatable bonds is 0. The van der Waals surface area contributed by atoms with E-state index in [1.807, 2.05) is 0 Å². The lowest BCUT2D eigenvalue weighted by Crippen LogP contribution is -2.57. The third kappa shape index (κ3) is 0.972. The van der Waals surface area contributed by atoms with Crippen molar-refractivity contribution >= 4 is 0 Å². The molecular weight excluding hydrogens is 158 g/mol. The van der Waals surface area contributed by atoms with Crippen LogP contribution >= 0.6 is 0 Å². The summed E-state index contributed by atoms with van der Waals surface area (Å²) in [5, 5.41) is 12.9. The first-order valence-electron chi connectivity index (χ1n) is 4.24. The van der Waals surface area contributed by atoms with Gasteiger partial charge in [-0.3, -0.25) is 21.3 Å². The largest absolute Gasteiger partial charge is 0.351 e. The van der Waals surface area contributed by atoms with Crippen molar-refractivity contribution in [3.8, 4) is 0 Å². The zero-order valence-corrected chi connectivity index (χ0v) is 6.58. The molecule has 5 atom stereocenters. The molecule has 3 rings (SSSR count). The Hall–Kier alpha value is -0.240. The van der Waals surface area contributed by atoms with Gasteiger partial charge in [0.05, 0.1) is 12.2 Å². The van der Waals surface area contributed by atoms with E-state index in [4.69, 9.17) is 10.5 Å². The van der Waals surface area contributed by atoms with Crippen molar-refractivity contribution in [1.29, 1.82) is 0 Å². The third-order valence-electron chi connectivity index (χ3n) is 2.60. The molecule has 3 saturated heterocycles. The highest BCUT2D eigenvalue weighted by Crippen LogP contribution is 2.27. The lowest BCUT2D eigenvalue weighted by molar-refractivity contribution is 0.243. The fourth-order valence-corrected chi connectivity index (χ4v) is 1.95. The molecule has 6 nitrogen and oxygen atoms in total. The maximum atomic E-state index is 5.74. The van der Waals surface area contributed by atoms with E-state index < -0.39 is 0 Å². The molecule has 6 heteroatoms. The van der Waals surface area contributed by atoms with E-state index in [9.17, 15) is 0 Å². The molecule has 0 aromatic rings. The van der Waals surface area contributed by atoms with E-state index in [1.165, 1.54) is 0 Å². The van der Waals surface area contributed by atoms with Gasteiger partial charge < -0.3 is 10.5 Å². The van der Waals surface area contributed by atoms with Gasteiger partial charge in [0.2, 0.25) is 0 Å². The van der Waals surface area contributed by atoms with Crippen LogP contribution in [0.25, 0.3) is 0 Å². The quantitative estimate of drug-likeness (QED) is 0.250. The molecule has 68 valence electrons. The number of ether oxygens (including phenoxy) is 1. The number of fused-ring (bicyclic) bond motifs is 3. The summed E-state index contributed by atoms with van der Waals surface area (Å²) in [7, 11) is 0. The summed E-state index contributed by atoms with van der Waals surface area (Å²) >= 11 is 0. The Morgan fingerprint density at radius 3 is 3.08 bits per heavy atom. The predicted octanol–water partition coefficient (Wildman–Crippen LogP) is -3.01. The summed E-state index contributed by atoms with van der Waals surface area (Å²) in [6.45, 7) is 0.821. The van der Waals surface area contributed by atoms with Gasteiger partial charge in [-0.15, -0.1) is 0 Å². The average Bonchev–Trinajstić information content (AvgIpc) is 2.64. The van der Waals surface area contributed by atoms with Crippen LogP contribution in [0.15, 0.2) is 0 Å². The summed E-state index contributed by atoms with van der Waals surface area (Å²) in [6.07, 6.45) is 0.452. The highest BCUT2D eigenvalue weighted by atomic mass is 16.6. The van der Waals surface area contributed by atoms with Gasteiger partial charge in [-0.1, -0.05) is 0 Å². The summed E-state index contributed by atoms with van der Waals surface area (Å²) in [5.74, 6) is 0. The van der Waals surface area contributed by atoms with Crippen molar-refractivity contribution in [1.82, 2.24) is 21.3 Å². The van der Waals surface area contributed by atoms with E-state index in [0.29, 0.717) is 6.04 Å². The van der Waals surface area contributed by atoms with Crippen molar-refractivity contribution in [2.75, 3.05) is 6.67 Å². The number of nitrogens with two attached hydrogens (primary N) is 1. The molecule has 0 radical (unpaired) electrons. The standard InChI is InChI=1S/C6H13N5O/c7-6-10-4-2(8-1-9-4)3-5(11-6)12-3/h2-6,8-11H,1,7H2. The van der Waals surface area contributed by atoms with Crippen molar-refractivity contribution in [2.24, 2.45) is 5.73 Å². The van der Waals surface area contributed by atoms with Crippen LogP contribution in [0.4, 0.5) is 0 Å². The van der Waals surface area contributed by atoms with Gasteiger partial charge in [-0.25, -0.2) is 0 Å². The van der Waals surface area contributed by atoms with Crippen molar-refractivity contribution in [3.05, 3.63) is 0 Å². The molecule has 12 heavy (non-hydrogen) atoms. The summed E-state index contributed by atoms with van der Waals surface area (Å²) in [6, 6.07) is 0.344. The minimum atomic E-state index is -0.178. The van der Waals surface area contributed by atoms with Crippen LogP contribution < -0.4 is 27.0 Å². The maximum Gasteiger partial charge on any atom is 0.139 e. The Morgan fingerprint density at radius 1 is 1.25 bits per heavy atom. The van der Waals surface area contributed by atoms with Gasteiger partial charge in [-0.05, 0) is 0 Å². The molecule has 0 bridgehead atoms. The fraction of sp³-hybridized carbons (Fsp3) is 1.00. The van der Waals surface area contributed by atoms with Gasteiger partial charge in [0.1, 0.15) is 18.6 Å². The van der Waals surface area contributed by atoms with E-state index in [1.54, 1.807) is 0 Å². The summed E-state index contributed by atoms with van der Waals surface area (Å²) < 4.78 is 5.41. The number of nitrogens with one attached hydrogen (secondary N) is 4. The van der Waals surface area contributed by atoms with Gasteiger partial charge in [0.15, 0.2) is 0 Å². The molecule has 5 unspecified atom stereocenters. The molecule has 3 aliphatic heterocycles. The molecular formula is C6H13N5O. The van der Waals surface area contributed by atoms with Gasteiger partial charge >= 0.3 is 0 Å². The molecule has 0 amide bonds. The molecule has 6 N–H and O–H groups in total. The second-order valence-corrected chi connectivity index (χ2v) is 3.42. The van der Waals surface area contributed by atoms with Crippen molar-refractivity contribution in [3.63, 3.8) is 0 Å². The topological polar surface area (TPSA) is 86.7 Å². The number of hydrogen-bond donors (Lipinski definition) is 5. The van der Waals surface area contributed by atoms with Crippen LogP contribution in [0.3, 0.4) is 0 Å². The molecule has 0 spiro atoms. The Labute approximate surface area is 70.2 Å². The van der Waals surface area contributed by atoms with Gasteiger partial charge in [-0.2, -0.15) is 0 Å². The first-order chi connectivity index (χ1) is 5.84. The van der Waals surface area contributed by atoms with Crippen LogP contribution in [0.1, 0.15) is 0 Å². The van der Waals surface area contributed by atoms with Crippen LogP contribution in [0.5, 0.6) is 0 Å². The monoisotopic (exact) mass is 171 g/mol. The molecule has 3 fully saturated rings. The smallest absolute Gasteiger partial charge is 0.139 e. The Morgan fingerprint density at radius 2 is 2.17 bits per heavy atom. The second-order valence-electron chi connectivity index (χ2n) is 3.42. The molecule has 3 heterocycles. The fourth-order valence-electron chi connectivity index (χ4n) is 1.95. The summed E-state index contributed by atoms with van der Waals surface area (Å²) in [5.41, 5.74) is 5.74. The van der Waals surface area contributed by atoms with E-state index in [0.717, 1.165) is 6.67 Å². The zero-order valence-electron chi connectivity index (χ0n) is 6.58. The predicted molar refractivity (Wildman–Crippen MR) is 41.6 cm³/mol. The molecule has 0 saturated carbocycles. The molecule has 3 aliphatic rings. The van der Waals surface area contributed by atoms with Crippen LogP contribution in [0, 0.1) is 0 Å². The lowest BCUT2D eigenvalue weighted by atomic mass is 10.2. The third-order valence-corrected chi connectivity index (χ3v) is 2.60. The highest BCUT2D eigenvalue weighted by Gasteiger charge is 2.52. The number of hydrogen-bond acceptors (Lipinski definition) is 6. The lowest BCUT2D eigenvalue weighted by Gasteiger charge is -2.20. The minimum absolute atomic E-state index is 0.134. The van der Waals surface area contributed by atoms with Crippen molar-refractivity contribution < 1.29 is 4.74 Å². The number of epoxide rings is 1. The van der Waals surface area contributed by atoms with Crippen LogP contribution in [0.2, 0.25) is 0 Å². The first kappa shape index (κ1) is 7.19. The normalized spacial score (nSPS) is 57.2. The molecule has 0 aromatic carbocycles. The molecule has 0 aliphatic carbocycles. The van der Waals surface area contributed by atoms with Crippen LogP contribution in [-0.2, 0) is 4.74 Å². The SMILES string of the molecule is NC1NC2NCNC2C2OC2N1. The Bertz CT molecular complexity index is 200. The van der Waals surface area contributed by atoms with E-state index in [-0.39, 0.29) is 24.8 Å². The van der Waals surface area contributed by atoms with Gasteiger partial charge in [0.25, 0.3) is 0 Å². The van der Waals surface area contributed by atoms with Crippen LogP contribution in [-0.4, -0.2) is 37.5 Å². The first-order valence-corrected chi connectivity index (χ1v) is 4.24. The highest BCUT2D eigenvalue weighted by molar-refractivity contribution is 5.04. The van der Waals surface area contributed by atoms with E-state index >= 15 is 0 Å². The Kier molecular flexibility index (Phi) is 1.43. The van der Waals surface area contributed by atoms with Gasteiger partial charge in [0, 0.05) is 6.67 Å². The summed E-state index contributed by atoms with van der Waals surface area (Å²) in [4.78, 5) is 0. The van der Waals surface area contributed by atoms with E-state index in [2.05, 4.69) is 21.3 Å². The zero-order chi connectivity index (χ0) is 8.13. The minimum Gasteiger partial charge on any atom is -0.351 e. The molecule has 0 aromatic heterocycles. The Balaban J connectivity index is 1.80.